The molecule has 0 saturated carbocycles. The second-order valence-corrected chi connectivity index (χ2v) is 4.88. The van der Waals surface area contributed by atoms with Crippen LogP contribution in [-0.2, 0) is 11.2 Å². The lowest BCUT2D eigenvalue weighted by molar-refractivity contribution is 0.123. The zero-order chi connectivity index (χ0) is 13.0. The predicted octanol–water partition coefficient (Wildman–Crippen LogP) is 2.70. The van der Waals surface area contributed by atoms with E-state index in [2.05, 4.69) is 24.4 Å². The highest BCUT2D eigenvalue weighted by Crippen LogP contribution is 2.33. The van der Waals surface area contributed by atoms with Crippen molar-refractivity contribution in [2.45, 2.75) is 38.8 Å². The Kier molecular flexibility index (Phi) is 4.61. The Morgan fingerprint density at radius 1 is 1.44 bits per heavy atom. The van der Waals surface area contributed by atoms with Crippen LogP contribution in [0, 0.1) is 0 Å². The third-order valence-corrected chi connectivity index (χ3v) is 3.49. The first-order valence-electron chi connectivity index (χ1n) is 6.75. The fourth-order valence-corrected chi connectivity index (χ4v) is 2.57. The van der Waals surface area contributed by atoms with Gasteiger partial charge in [-0.3, -0.25) is 0 Å². The molecule has 18 heavy (non-hydrogen) atoms. The molecule has 0 spiro atoms. The Bertz CT molecular complexity index is 392. The van der Waals surface area contributed by atoms with Gasteiger partial charge in [0.2, 0.25) is 0 Å². The van der Waals surface area contributed by atoms with Crippen LogP contribution in [0.3, 0.4) is 0 Å². The summed E-state index contributed by atoms with van der Waals surface area (Å²) in [7, 11) is 1.72. The molecule has 0 fully saturated rings. The minimum Gasteiger partial charge on any atom is -0.497 e. The van der Waals surface area contributed by atoms with Gasteiger partial charge in [-0.05, 0) is 49.9 Å². The number of aryl methyl sites for hydroxylation is 1. The molecule has 0 aromatic heterocycles. The van der Waals surface area contributed by atoms with E-state index >= 15 is 0 Å². The minimum atomic E-state index is 0.382. The Hall–Kier alpha value is -1.06. The van der Waals surface area contributed by atoms with E-state index in [9.17, 15) is 0 Å². The van der Waals surface area contributed by atoms with Crippen molar-refractivity contribution in [3.8, 4) is 5.75 Å². The van der Waals surface area contributed by atoms with Gasteiger partial charge in [0.25, 0.3) is 0 Å². The maximum atomic E-state index is 5.45. The van der Waals surface area contributed by atoms with Crippen LogP contribution in [0.4, 0.5) is 0 Å². The van der Waals surface area contributed by atoms with Crippen LogP contribution in [0.1, 0.15) is 37.4 Å². The van der Waals surface area contributed by atoms with Crippen molar-refractivity contribution in [2.75, 3.05) is 20.3 Å². The summed E-state index contributed by atoms with van der Waals surface area (Å²) in [5.41, 5.74) is 2.83. The van der Waals surface area contributed by atoms with E-state index in [0.717, 1.165) is 25.4 Å². The molecule has 0 radical (unpaired) electrons. The van der Waals surface area contributed by atoms with Crippen LogP contribution in [0.5, 0.6) is 5.75 Å². The molecule has 1 N–H and O–H groups in total. The molecule has 3 nitrogen and oxygen atoms in total. The molecule has 0 bridgehead atoms. The molecule has 2 unspecified atom stereocenters. The van der Waals surface area contributed by atoms with Crippen LogP contribution in [-0.4, -0.2) is 26.4 Å². The number of ether oxygens (including phenoxy) is 2. The standard InChI is InChI=1S/C15H23NO2/c1-4-18-10-11(2)16-15-8-6-12-5-7-13(17-3)9-14(12)15/h5,7,9,11,15-16H,4,6,8,10H2,1-3H3. The highest BCUT2D eigenvalue weighted by Gasteiger charge is 2.23. The first-order chi connectivity index (χ1) is 8.74. The summed E-state index contributed by atoms with van der Waals surface area (Å²) in [6.45, 7) is 5.75. The fraction of sp³-hybridized carbons (Fsp3) is 0.600. The Morgan fingerprint density at radius 3 is 3.00 bits per heavy atom. The lowest BCUT2D eigenvalue weighted by Gasteiger charge is -2.20. The number of fused-ring (bicyclic) bond motifs is 1. The van der Waals surface area contributed by atoms with Gasteiger partial charge in [0.15, 0.2) is 0 Å². The highest BCUT2D eigenvalue weighted by molar-refractivity contribution is 5.40. The summed E-state index contributed by atoms with van der Waals surface area (Å²) in [4.78, 5) is 0. The molecular formula is C15H23NO2. The first kappa shape index (κ1) is 13.4. The van der Waals surface area contributed by atoms with Crippen molar-refractivity contribution in [3.63, 3.8) is 0 Å². The van der Waals surface area contributed by atoms with E-state index in [1.165, 1.54) is 17.5 Å². The highest BCUT2D eigenvalue weighted by atomic mass is 16.5. The van der Waals surface area contributed by atoms with Crippen molar-refractivity contribution >= 4 is 0 Å². The Labute approximate surface area is 109 Å². The number of rotatable bonds is 6. The summed E-state index contributed by atoms with van der Waals surface area (Å²) in [5.74, 6) is 0.944. The van der Waals surface area contributed by atoms with Gasteiger partial charge in [-0.2, -0.15) is 0 Å². The molecule has 1 aromatic carbocycles. The normalized spacial score (nSPS) is 19.6. The maximum Gasteiger partial charge on any atom is 0.119 e. The molecule has 0 saturated heterocycles. The SMILES string of the molecule is CCOCC(C)NC1CCc2ccc(OC)cc21. The topological polar surface area (TPSA) is 30.5 Å². The molecule has 1 aliphatic rings. The third kappa shape index (κ3) is 3.03. The zero-order valence-electron chi connectivity index (χ0n) is 11.5. The molecule has 3 heteroatoms. The lowest BCUT2D eigenvalue weighted by Crippen LogP contribution is -2.33. The van der Waals surface area contributed by atoms with Gasteiger partial charge < -0.3 is 14.8 Å². The largest absolute Gasteiger partial charge is 0.497 e. The third-order valence-electron chi connectivity index (χ3n) is 3.49. The molecule has 100 valence electrons. The van der Waals surface area contributed by atoms with Gasteiger partial charge in [-0.25, -0.2) is 0 Å². The summed E-state index contributed by atoms with van der Waals surface area (Å²) in [5, 5.41) is 3.64. The molecule has 0 amide bonds. The zero-order valence-corrected chi connectivity index (χ0v) is 11.5. The number of nitrogens with one attached hydrogen (secondary N) is 1. The Balaban J connectivity index is 2.01. The van der Waals surface area contributed by atoms with E-state index in [1.54, 1.807) is 7.11 Å². The lowest BCUT2D eigenvalue weighted by atomic mass is 10.1. The van der Waals surface area contributed by atoms with E-state index in [-0.39, 0.29) is 0 Å². The van der Waals surface area contributed by atoms with Crippen LogP contribution >= 0.6 is 0 Å². The van der Waals surface area contributed by atoms with Crippen LogP contribution in [0.2, 0.25) is 0 Å². The molecule has 1 aromatic rings. The van der Waals surface area contributed by atoms with Gasteiger partial charge in [-0.15, -0.1) is 0 Å². The number of benzene rings is 1. The average Bonchev–Trinajstić information content (AvgIpc) is 2.78. The first-order valence-corrected chi connectivity index (χ1v) is 6.75. The average molecular weight is 249 g/mol. The monoisotopic (exact) mass is 249 g/mol. The maximum absolute atomic E-state index is 5.45. The Morgan fingerprint density at radius 2 is 2.28 bits per heavy atom. The second-order valence-electron chi connectivity index (χ2n) is 4.88. The summed E-state index contributed by atoms with van der Waals surface area (Å²) in [6.07, 6.45) is 2.32. The summed E-state index contributed by atoms with van der Waals surface area (Å²) < 4.78 is 10.8. The van der Waals surface area contributed by atoms with E-state index < -0.39 is 0 Å². The summed E-state index contributed by atoms with van der Waals surface area (Å²) in [6, 6.07) is 7.21. The van der Waals surface area contributed by atoms with Crippen molar-refractivity contribution in [2.24, 2.45) is 0 Å². The summed E-state index contributed by atoms with van der Waals surface area (Å²) >= 11 is 0. The van der Waals surface area contributed by atoms with Crippen molar-refractivity contribution in [1.29, 1.82) is 0 Å². The van der Waals surface area contributed by atoms with Crippen LogP contribution in [0.15, 0.2) is 18.2 Å². The van der Waals surface area contributed by atoms with E-state index in [1.807, 2.05) is 13.0 Å². The van der Waals surface area contributed by atoms with Gasteiger partial charge in [0.1, 0.15) is 5.75 Å². The molecule has 0 heterocycles. The number of hydrogen-bond acceptors (Lipinski definition) is 3. The van der Waals surface area contributed by atoms with Gasteiger partial charge in [0.05, 0.1) is 13.7 Å². The van der Waals surface area contributed by atoms with Crippen LogP contribution in [0.25, 0.3) is 0 Å². The minimum absolute atomic E-state index is 0.382. The molecule has 2 atom stereocenters. The van der Waals surface area contributed by atoms with Crippen LogP contribution < -0.4 is 10.1 Å². The van der Waals surface area contributed by atoms with Gasteiger partial charge in [0, 0.05) is 18.7 Å². The smallest absolute Gasteiger partial charge is 0.119 e. The van der Waals surface area contributed by atoms with Crippen molar-refractivity contribution in [3.05, 3.63) is 29.3 Å². The van der Waals surface area contributed by atoms with E-state index in [0.29, 0.717) is 12.1 Å². The molecule has 1 aliphatic carbocycles. The molecular weight excluding hydrogens is 226 g/mol. The fourth-order valence-electron chi connectivity index (χ4n) is 2.57. The van der Waals surface area contributed by atoms with Gasteiger partial charge in [-0.1, -0.05) is 6.07 Å². The van der Waals surface area contributed by atoms with E-state index in [4.69, 9.17) is 9.47 Å². The van der Waals surface area contributed by atoms with Gasteiger partial charge >= 0.3 is 0 Å². The van der Waals surface area contributed by atoms with Crippen molar-refractivity contribution < 1.29 is 9.47 Å². The molecule has 2 rings (SSSR count). The number of methoxy groups -OCH3 is 1. The number of hydrogen-bond donors (Lipinski definition) is 1. The quantitative estimate of drug-likeness (QED) is 0.841. The van der Waals surface area contributed by atoms with Crippen molar-refractivity contribution in [1.82, 2.24) is 5.32 Å². The molecule has 0 aliphatic heterocycles. The predicted molar refractivity (Wildman–Crippen MR) is 73.1 cm³/mol. The second kappa shape index (κ2) is 6.21.